The largest absolute Gasteiger partial charge is 0.508 e. The molecule has 0 radical (unpaired) electrons. The highest BCUT2D eigenvalue weighted by atomic mass is 19.3. The number of alkyl halides is 8. The van der Waals surface area contributed by atoms with E-state index in [9.17, 15) is 10.2 Å². The number of aromatic hydroxyl groups is 2. The predicted octanol–water partition coefficient (Wildman–Crippen LogP) is 12.6. The Balaban J connectivity index is 1.43. The van der Waals surface area contributed by atoms with Crippen LogP contribution in [0.4, 0.5) is 35.1 Å². The SMILES string of the molecule is CC(F)(F)C(F)(F)C1(C(F)(F)C(C)(F)F)c2cc(-c3ccc(-c4ccc(O)cc4)cc3)ccc2-c2ccc(-c3ccc(-c4ccc(O)cc4)cc3)cc21. The number of phenolic OH excluding ortho intramolecular Hbond substituents is 2. The molecule has 2 nitrogen and oxygen atoms in total. The Hall–Kier alpha value is -5.64. The molecule has 6 aromatic carbocycles. The molecule has 6 aromatic rings. The van der Waals surface area contributed by atoms with Gasteiger partial charge in [-0.25, -0.2) is 17.6 Å². The summed E-state index contributed by atoms with van der Waals surface area (Å²) in [5.41, 5.74) is -3.62. The van der Waals surface area contributed by atoms with Crippen molar-refractivity contribution in [2.24, 2.45) is 0 Å². The van der Waals surface area contributed by atoms with Gasteiger partial charge in [0, 0.05) is 13.8 Å². The summed E-state index contributed by atoms with van der Waals surface area (Å²) in [4.78, 5) is 0. The highest BCUT2D eigenvalue weighted by Gasteiger charge is 2.83. The van der Waals surface area contributed by atoms with Crippen molar-refractivity contribution in [2.45, 2.75) is 43.0 Å². The molecule has 0 unspecified atom stereocenters. The lowest BCUT2D eigenvalue weighted by molar-refractivity contribution is -0.314. The smallest absolute Gasteiger partial charge is 0.329 e. The maximum atomic E-state index is 16.7. The van der Waals surface area contributed by atoms with Gasteiger partial charge in [-0.1, -0.05) is 97.1 Å². The molecule has 0 aromatic heterocycles. The standard InChI is InChI=1S/C43H30F8O2/c1-39(44,45)42(48,49)41(43(50,51)40(2,46)47)37-23-31(29-7-3-25(4-8-29)27-11-17-33(52)18-12-27)15-21-35(37)36-22-16-32(24-38(36)41)30-9-5-26(6-10-30)28-13-19-34(53)20-14-28/h3-24,52-53H,1-2H3. The Morgan fingerprint density at radius 1 is 0.358 bits per heavy atom. The lowest BCUT2D eigenvalue weighted by Crippen LogP contribution is -2.68. The first-order chi connectivity index (χ1) is 24.9. The average Bonchev–Trinajstić information content (AvgIpc) is 3.42. The van der Waals surface area contributed by atoms with Gasteiger partial charge in [0.05, 0.1) is 0 Å². The van der Waals surface area contributed by atoms with Gasteiger partial charge in [0.1, 0.15) is 11.5 Å². The summed E-state index contributed by atoms with van der Waals surface area (Å²) in [5.74, 6) is -21.8. The highest BCUT2D eigenvalue weighted by Crippen LogP contribution is 2.68. The van der Waals surface area contributed by atoms with Gasteiger partial charge in [-0.05, 0) is 103 Å². The maximum absolute atomic E-state index is 16.7. The Labute approximate surface area is 299 Å². The second-order valence-corrected chi connectivity index (χ2v) is 13.4. The molecular formula is C43H30F8O2. The molecule has 53 heavy (non-hydrogen) atoms. The molecule has 7 rings (SSSR count). The van der Waals surface area contributed by atoms with Crippen molar-refractivity contribution in [1.29, 1.82) is 0 Å². The van der Waals surface area contributed by atoms with Crippen molar-refractivity contribution >= 4 is 0 Å². The van der Waals surface area contributed by atoms with E-state index in [1.807, 2.05) is 0 Å². The summed E-state index contributed by atoms with van der Waals surface area (Å²) in [6.07, 6.45) is 0. The highest BCUT2D eigenvalue weighted by molar-refractivity contribution is 5.88. The lowest BCUT2D eigenvalue weighted by atomic mass is 9.64. The first kappa shape index (κ1) is 35.7. The molecule has 270 valence electrons. The van der Waals surface area contributed by atoms with Gasteiger partial charge in [0.15, 0.2) is 5.41 Å². The molecule has 0 fully saturated rings. The molecule has 0 bridgehead atoms. The second-order valence-electron chi connectivity index (χ2n) is 13.4. The molecule has 2 N–H and O–H groups in total. The van der Waals surface area contributed by atoms with Crippen LogP contribution in [0.15, 0.2) is 133 Å². The van der Waals surface area contributed by atoms with E-state index in [4.69, 9.17) is 0 Å². The van der Waals surface area contributed by atoms with Gasteiger partial charge in [-0.3, -0.25) is 0 Å². The van der Waals surface area contributed by atoms with Gasteiger partial charge < -0.3 is 10.2 Å². The van der Waals surface area contributed by atoms with E-state index in [-0.39, 0.29) is 47.6 Å². The van der Waals surface area contributed by atoms with Crippen molar-refractivity contribution in [1.82, 2.24) is 0 Å². The molecule has 1 aliphatic rings. The molecule has 10 heteroatoms. The molecule has 0 saturated heterocycles. The Bertz CT molecular complexity index is 2140. The summed E-state index contributed by atoms with van der Waals surface area (Å²) in [7, 11) is 0. The molecule has 0 aliphatic heterocycles. The number of halogens is 8. The van der Waals surface area contributed by atoms with Crippen molar-refractivity contribution in [3.05, 3.63) is 145 Å². The normalized spacial score (nSPS) is 14.2. The Morgan fingerprint density at radius 3 is 0.849 bits per heavy atom. The number of phenols is 2. The molecular weight excluding hydrogens is 700 g/mol. The zero-order valence-electron chi connectivity index (χ0n) is 28.1. The topological polar surface area (TPSA) is 40.5 Å². The van der Waals surface area contributed by atoms with Crippen LogP contribution < -0.4 is 0 Å². The number of rotatable bonds is 8. The first-order valence-electron chi connectivity index (χ1n) is 16.5. The van der Waals surface area contributed by atoms with E-state index in [2.05, 4.69) is 0 Å². The van der Waals surface area contributed by atoms with E-state index in [1.165, 1.54) is 48.5 Å². The van der Waals surface area contributed by atoms with Crippen LogP contribution in [0, 0.1) is 0 Å². The molecule has 0 saturated carbocycles. The molecule has 0 atom stereocenters. The lowest BCUT2D eigenvalue weighted by Gasteiger charge is -2.47. The van der Waals surface area contributed by atoms with Crippen LogP contribution in [0.2, 0.25) is 0 Å². The van der Waals surface area contributed by atoms with E-state index in [0.717, 1.165) is 23.3 Å². The number of benzene rings is 6. The third-order valence-corrected chi connectivity index (χ3v) is 10.0. The third kappa shape index (κ3) is 5.54. The quantitative estimate of drug-likeness (QED) is 0.153. The van der Waals surface area contributed by atoms with Crippen LogP contribution in [-0.4, -0.2) is 33.9 Å². The number of hydrogen-bond acceptors (Lipinski definition) is 2. The summed E-state index contributed by atoms with van der Waals surface area (Å²) in [5, 5.41) is 19.2. The van der Waals surface area contributed by atoms with Gasteiger partial charge in [0.2, 0.25) is 0 Å². The fourth-order valence-electron chi connectivity index (χ4n) is 7.23. The van der Waals surface area contributed by atoms with Gasteiger partial charge in [-0.2, -0.15) is 17.6 Å². The summed E-state index contributed by atoms with van der Waals surface area (Å²) < 4.78 is 128. The first-order valence-corrected chi connectivity index (χ1v) is 16.5. The average molecular weight is 731 g/mol. The fourth-order valence-corrected chi connectivity index (χ4v) is 7.23. The van der Waals surface area contributed by atoms with Crippen molar-refractivity contribution in [3.63, 3.8) is 0 Å². The fraction of sp³-hybridized carbons (Fsp3) is 0.163. The summed E-state index contributed by atoms with van der Waals surface area (Å²) in [6, 6.07) is 32.5. The van der Waals surface area contributed by atoms with E-state index in [0.29, 0.717) is 22.3 Å². The van der Waals surface area contributed by atoms with Crippen LogP contribution in [0.1, 0.15) is 25.0 Å². The molecule has 0 spiro atoms. The van der Waals surface area contributed by atoms with Crippen molar-refractivity contribution in [2.75, 3.05) is 0 Å². The maximum Gasteiger partial charge on any atom is 0.329 e. The second kappa shape index (κ2) is 12.2. The van der Waals surface area contributed by atoms with Crippen LogP contribution in [0.3, 0.4) is 0 Å². The minimum absolute atomic E-state index is 0.0487. The number of fused-ring (bicyclic) bond motifs is 3. The van der Waals surface area contributed by atoms with Crippen LogP contribution in [-0.2, 0) is 5.41 Å². The zero-order valence-corrected chi connectivity index (χ0v) is 28.1. The van der Waals surface area contributed by atoms with Crippen LogP contribution in [0.5, 0.6) is 11.5 Å². The van der Waals surface area contributed by atoms with Crippen LogP contribution in [0.25, 0.3) is 55.6 Å². The number of hydrogen-bond donors (Lipinski definition) is 2. The van der Waals surface area contributed by atoms with E-state index < -0.39 is 40.2 Å². The van der Waals surface area contributed by atoms with Crippen LogP contribution >= 0.6 is 0 Å². The minimum atomic E-state index is -5.74. The van der Waals surface area contributed by atoms with Crippen molar-refractivity contribution < 1.29 is 45.3 Å². The Kier molecular flexibility index (Phi) is 8.24. The minimum Gasteiger partial charge on any atom is -0.508 e. The molecule has 0 heterocycles. The van der Waals surface area contributed by atoms with Gasteiger partial charge in [0.25, 0.3) is 0 Å². The molecule has 1 aliphatic carbocycles. The summed E-state index contributed by atoms with van der Waals surface area (Å²) in [6.45, 7) is -0.484. The van der Waals surface area contributed by atoms with Gasteiger partial charge in [-0.15, -0.1) is 0 Å². The zero-order chi connectivity index (χ0) is 38.1. The van der Waals surface area contributed by atoms with Crippen molar-refractivity contribution in [3.8, 4) is 67.1 Å². The van der Waals surface area contributed by atoms with Gasteiger partial charge >= 0.3 is 23.7 Å². The van der Waals surface area contributed by atoms with E-state index >= 15 is 35.1 Å². The summed E-state index contributed by atoms with van der Waals surface area (Å²) >= 11 is 0. The third-order valence-electron chi connectivity index (χ3n) is 10.0. The predicted molar refractivity (Wildman–Crippen MR) is 189 cm³/mol. The Morgan fingerprint density at radius 2 is 0.585 bits per heavy atom. The molecule has 0 amide bonds. The van der Waals surface area contributed by atoms with E-state index in [1.54, 1.807) is 72.8 Å². The monoisotopic (exact) mass is 730 g/mol.